The molecular weight excluding hydrogens is 510 g/mol. The van der Waals surface area contributed by atoms with Gasteiger partial charge >= 0.3 is 5.91 Å². The van der Waals surface area contributed by atoms with E-state index < -0.39 is 12.5 Å². The predicted octanol–water partition coefficient (Wildman–Crippen LogP) is 5.88. The van der Waals surface area contributed by atoms with Crippen LogP contribution < -0.4 is 9.47 Å². The number of ether oxygens (including phenoxy) is 2. The van der Waals surface area contributed by atoms with E-state index in [1.807, 2.05) is 28.8 Å². The lowest BCUT2D eigenvalue weighted by molar-refractivity contribution is -0.122. The summed E-state index contributed by atoms with van der Waals surface area (Å²) in [4.78, 5) is 20.0. The zero-order chi connectivity index (χ0) is 28.5. The van der Waals surface area contributed by atoms with Gasteiger partial charge in [-0.25, -0.2) is 0 Å². The maximum Gasteiger partial charge on any atom is 0.304 e. The van der Waals surface area contributed by atoms with Crippen molar-refractivity contribution in [1.82, 2.24) is 9.47 Å². The Labute approximate surface area is 234 Å². The van der Waals surface area contributed by atoms with E-state index in [4.69, 9.17) is 14.3 Å². The first-order chi connectivity index (χ1) is 19.1. The molecule has 2 aromatic carbocycles. The Morgan fingerprint density at radius 3 is 2.65 bits per heavy atom. The average Bonchev–Trinajstić information content (AvgIpc) is 3.32. The summed E-state index contributed by atoms with van der Waals surface area (Å²) in [6.07, 6.45) is 4.97. The molecule has 1 aromatic heterocycles. The predicted molar refractivity (Wildman–Crippen MR) is 152 cm³/mol. The highest BCUT2D eigenvalue weighted by Crippen LogP contribution is 2.53. The zero-order valence-corrected chi connectivity index (χ0v) is 23.8. The van der Waals surface area contributed by atoms with Gasteiger partial charge in [-0.2, -0.15) is 0 Å². The van der Waals surface area contributed by atoms with Crippen molar-refractivity contribution < 1.29 is 24.2 Å². The molecule has 2 heterocycles. The van der Waals surface area contributed by atoms with E-state index >= 15 is 0 Å². The molecule has 0 spiro atoms. The van der Waals surface area contributed by atoms with Crippen molar-refractivity contribution in [2.45, 2.75) is 52.7 Å². The molecule has 0 radical (unpaired) electrons. The van der Waals surface area contributed by atoms with Crippen molar-refractivity contribution >= 4 is 28.7 Å². The second-order valence-corrected chi connectivity index (χ2v) is 11.9. The van der Waals surface area contributed by atoms with Gasteiger partial charge in [0, 0.05) is 23.5 Å². The SMILES string of the molecule is COc1ccc(/C=N\OCC(=O)N=Nc2c(O)n(CN3C[C@@]4(C)C[C@@H]3CC(C)(C)C4)c3ccccc23)cc1OC. The molecule has 1 aliphatic heterocycles. The monoisotopic (exact) mass is 547 g/mol. The van der Waals surface area contributed by atoms with Crippen LogP contribution in [-0.4, -0.2) is 60.1 Å². The molecule has 5 rings (SSSR count). The van der Waals surface area contributed by atoms with Gasteiger partial charge in [0.05, 0.1) is 32.6 Å². The number of aromatic nitrogens is 1. The highest BCUT2D eigenvalue weighted by molar-refractivity contribution is 5.95. The van der Waals surface area contributed by atoms with Crippen molar-refractivity contribution in [3.8, 4) is 17.4 Å². The number of carbonyl (C=O) groups excluding carboxylic acids is 1. The third-order valence-electron chi connectivity index (χ3n) is 7.90. The van der Waals surface area contributed by atoms with E-state index in [0.29, 0.717) is 35.2 Å². The number of para-hydroxylation sites is 1. The standard InChI is InChI=1S/C30H37N5O5/c1-29(2)13-21-14-30(3,17-29)18-34(21)19-35-23-9-7-6-8-22(23)27(28(35)37)33-32-26(36)16-40-31-15-20-10-11-24(38-4)25(12-20)39-5/h6-12,15,21,37H,13-14,16-19H2,1-5H3/b31-15-,33-32?/t21-,30-/m0/s1. The Balaban J connectivity index is 1.27. The number of likely N-dealkylation sites (tertiary alicyclic amines) is 1. The normalized spacial score (nSPS) is 22.4. The Hall–Kier alpha value is -3.92. The van der Waals surface area contributed by atoms with Gasteiger partial charge in [0.2, 0.25) is 5.88 Å². The van der Waals surface area contributed by atoms with Gasteiger partial charge < -0.3 is 19.4 Å². The first kappa shape index (κ1) is 27.6. The number of benzene rings is 2. The molecule has 1 amide bonds. The van der Waals surface area contributed by atoms with Crippen molar-refractivity contribution in [1.29, 1.82) is 0 Å². The summed E-state index contributed by atoms with van der Waals surface area (Å²) < 4.78 is 12.4. The number of hydrogen-bond donors (Lipinski definition) is 1. The van der Waals surface area contributed by atoms with Crippen LogP contribution in [-0.2, 0) is 16.3 Å². The van der Waals surface area contributed by atoms with Crippen LogP contribution >= 0.6 is 0 Å². The fourth-order valence-corrected chi connectivity index (χ4v) is 6.70. The summed E-state index contributed by atoms with van der Waals surface area (Å²) >= 11 is 0. The molecule has 1 N–H and O–H groups in total. The summed E-state index contributed by atoms with van der Waals surface area (Å²) in [5.41, 5.74) is 2.42. The van der Waals surface area contributed by atoms with E-state index in [0.717, 1.165) is 23.9 Å². The maximum atomic E-state index is 12.4. The van der Waals surface area contributed by atoms with Crippen LogP contribution in [0.3, 0.4) is 0 Å². The van der Waals surface area contributed by atoms with Crippen LogP contribution in [0, 0.1) is 10.8 Å². The lowest BCUT2D eigenvalue weighted by Crippen LogP contribution is -2.35. The molecule has 212 valence electrons. The molecule has 0 unspecified atom stereocenters. The Kier molecular flexibility index (Phi) is 7.55. The Morgan fingerprint density at radius 1 is 1.10 bits per heavy atom. The maximum absolute atomic E-state index is 12.4. The Bertz CT molecular complexity index is 1460. The quantitative estimate of drug-likeness (QED) is 0.203. The molecular formula is C30H37N5O5. The van der Waals surface area contributed by atoms with Crippen LogP contribution in [0.25, 0.3) is 10.9 Å². The number of fused-ring (bicyclic) bond motifs is 3. The fourth-order valence-electron chi connectivity index (χ4n) is 6.70. The topological polar surface area (TPSA) is 110 Å². The molecule has 2 bridgehead atoms. The van der Waals surface area contributed by atoms with E-state index in [-0.39, 0.29) is 17.0 Å². The first-order valence-corrected chi connectivity index (χ1v) is 13.5. The molecule has 3 aromatic rings. The minimum Gasteiger partial charge on any atom is -0.493 e. The van der Waals surface area contributed by atoms with E-state index in [2.05, 4.69) is 41.1 Å². The lowest BCUT2D eigenvalue weighted by Gasteiger charge is -2.40. The van der Waals surface area contributed by atoms with Gasteiger partial charge in [0.15, 0.2) is 23.8 Å². The number of nitrogens with zero attached hydrogens (tertiary/aromatic N) is 5. The lowest BCUT2D eigenvalue weighted by atomic mass is 9.65. The van der Waals surface area contributed by atoms with E-state index in [1.54, 1.807) is 32.4 Å². The number of methoxy groups -OCH3 is 2. The number of rotatable bonds is 9. The second kappa shape index (κ2) is 10.9. The molecule has 1 aliphatic carbocycles. The van der Waals surface area contributed by atoms with Gasteiger partial charge in [0.1, 0.15) is 0 Å². The minimum atomic E-state index is -0.621. The zero-order valence-electron chi connectivity index (χ0n) is 23.8. The minimum absolute atomic E-state index is 0.00370. The van der Waals surface area contributed by atoms with E-state index in [1.165, 1.54) is 19.1 Å². The molecule has 2 fully saturated rings. The highest BCUT2D eigenvalue weighted by atomic mass is 16.6. The molecule has 2 atom stereocenters. The Morgan fingerprint density at radius 2 is 1.88 bits per heavy atom. The van der Waals surface area contributed by atoms with Crippen molar-refractivity contribution in [2.75, 3.05) is 27.4 Å². The van der Waals surface area contributed by atoms with Gasteiger partial charge in [-0.3, -0.25) is 14.3 Å². The van der Waals surface area contributed by atoms with Crippen LogP contribution in [0.5, 0.6) is 17.4 Å². The number of carbonyl (C=O) groups is 1. The summed E-state index contributed by atoms with van der Waals surface area (Å²) in [6, 6.07) is 13.4. The summed E-state index contributed by atoms with van der Waals surface area (Å²) in [7, 11) is 3.11. The third kappa shape index (κ3) is 5.67. The summed E-state index contributed by atoms with van der Waals surface area (Å²) in [5.74, 6) is 0.531. The number of aromatic hydroxyl groups is 1. The molecule has 1 saturated carbocycles. The number of azo groups is 1. The molecule has 40 heavy (non-hydrogen) atoms. The van der Waals surface area contributed by atoms with Gasteiger partial charge in [-0.15, -0.1) is 10.2 Å². The van der Waals surface area contributed by atoms with Crippen LogP contribution in [0.4, 0.5) is 5.69 Å². The van der Waals surface area contributed by atoms with Gasteiger partial charge in [-0.1, -0.05) is 44.1 Å². The van der Waals surface area contributed by atoms with E-state index in [9.17, 15) is 9.90 Å². The van der Waals surface area contributed by atoms with Crippen LogP contribution in [0.2, 0.25) is 0 Å². The second-order valence-electron chi connectivity index (χ2n) is 11.9. The van der Waals surface area contributed by atoms with Crippen LogP contribution in [0.15, 0.2) is 57.8 Å². The molecule has 1 saturated heterocycles. The van der Waals surface area contributed by atoms with Crippen molar-refractivity contribution in [3.05, 3.63) is 48.0 Å². The third-order valence-corrected chi connectivity index (χ3v) is 7.90. The average molecular weight is 548 g/mol. The number of amides is 1. The molecule has 10 heteroatoms. The molecule has 2 aliphatic rings. The smallest absolute Gasteiger partial charge is 0.304 e. The first-order valence-electron chi connectivity index (χ1n) is 13.5. The van der Waals surface area contributed by atoms with Crippen molar-refractivity contribution in [2.24, 2.45) is 26.2 Å². The van der Waals surface area contributed by atoms with Gasteiger partial charge in [0.25, 0.3) is 0 Å². The van der Waals surface area contributed by atoms with Gasteiger partial charge in [-0.05, 0) is 54.4 Å². The summed E-state index contributed by atoms with van der Waals surface area (Å²) in [6.45, 7) is 8.23. The summed E-state index contributed by atoms with van der Waals surface area (Å²) in [5, 5.41) is 23.7. The number of hydrogen-bond acceptors (Lipinski definition) is 8. The molecule has 10 nitrogen and oxygen atoms in total. The van der Waals surface area contributed by atoms with Crippen LogP contribution in [0.1, 0.15) is 45.6 Å². The fraction of sp³-hybridized carbons (Fsp3) is 0.467. The highest BCUT2D eigenvalue weighted by Gasteiger charge is 2.49. The van der Waals surface area contributed by atoms with Crippen molar-refractivity contribution in [3.63, 3.8) is 0 Å². The largest absolute Gasteiger partial charge is 0.493 e. The number of oxime groups is 1.